The highest BCUT2D eigenvalue weighted by Gasteiger charge is 2.27. The van der Waals surface area contributed by atoms with E-state index in [1.807, 2.05) is 0 Å². The molecule has 1 aromatic carbocycles. The molecular weight excluding hydrogens is 281 g/mol. The quantitative estimate of drug-likeness (QED) is 0.866. The highest BCUT2D eigenvalue weighted by Crippen LogP contribution is 2.25. The largest absolute Gasteiger partial charge is 0.274 e. The van der Waals surface area contributed by atoms with Gasteiger partial charge in [-0.2, -0.15) is 9.40 Å². The number of halogens is 1. The molecule has 0 radical (unpaired) electrons. The predicted octanol–water partition coefficient (Wildman–Crippen LogP) is 1.94. The van der Waals surface area contributed by atoms with Gasteiger partial charge in [-0.15, -0.1) is 0 Å². The fraction of sp³-hybridized carbons (Fsp3) is 0.308. The fourth-order valence-electron chi connectivity index (χ4n) is 1.86. The second-order valence-electron chi connectivity index (χ2n) is 4.60. The molecule has 0 N–H and O–H groups in total. The average molecular weight is 297 g/mol. The Morgan fingerprint density at radius 3 is 2.40 bits per heavy atom. The SMILES string of the molecule is CC(c1ccc(F)cc1)N(C)S(=O)(=O)c1cnn(C)c1. The van der Waals surface area contributed by atoms with Gasteiger partial charge in [0.05, 0.1) is 6.20 Å². The van der Waals surface area contributed by atoms with Crippen LogP contribution in [0.3, 0.4) is 0 Å². The maximum atomic E-state index is 12.9. The molecule has 7 heteroatoms. The van der Waals surface area contributed by atoms with E-state index in [1.165, 1.54) is 40.6 Å². The van der Waals surface area contributed by atoms with Crippen LogP contribution in [0.25, 0.3) is 0 Å². The molecule has 0 fully saturated rings. The van der Waals surface area contributed by atoms with Gasteiger partial charge in [0.2, 0.25) is 10.0 Å². The van der Waals surface area contributed by atoms with Gasteiger partial charge in [-0.3, -0.25) is 4.68 Å². The molecule has 1 unspecified atom stereocenters. The molecule has 108 valence electrons. The van der Waals surface area contributed by atoms with E-state index in [2.05, 4.69) is 5.10 Å². The van der Waals surface area contributed by atoms with Gasteiger partial charge >= 0.3 is 0 Å². The van der Waals surface area contributed by atoms with Crippen molar-refractivity contribution in [3.63, 3.8) is 0 Å². The predicted molar refractivity (Wildman–Crippen MR) is 73.0 cm³/mol. The molecule has 1 aromatic heterocycles. The van der Waals surface area contributed by atoms with Crippen molar-refractivity contribution in [2.75, 3.05) is 7.05 Å². The minimum absolute atomic E-state index is 0.136. The summed E-state index contributed by atoms with van der Waals surface area (Å²) in [6.07, 6.45) is 2.76. The summed E-state index contributed by atoms with van der Waals surface area (Å²) in [5.74, 6) is -0.348. The third-order valence-electron chi connectivity index (χ3n) is 3.26. The summed E-state index contributed by atoms with van der Waals surface area (Å²) in [6.45, 7) is 1.75. The smallest absolute Gasteiger partial charge is 0.246 e. The molecular formula is C13H16FN3O2S. The molecule has 0 aliphatic heterocycles. The van der Waals surface area contributed by atoms with Gasteiger partial charge in [-0.05, 0) is 24.6 Å². The zero-order valence-electron chi connectivity index (χ0n) is 11.5. The Morgan fingerprint density at radius 2 is 1.90 bits per heavy atom. The summed E-state index contributed by atoms with van der Waals surface area (Å²) in [6, 6.07) is 5.39. The zero-order valence-corrected chi connectivity index (χ0v) is 12.3. The molecule has 0 aliphatic carbocycles. The molecule has 0 bridgehead atoms. The molecule has 20 heavy (non-hydrogen) atoms. The lowest BCUT2D eigenvalue weighted by atomic mass is 10.1. The second kappa shape index (κ2) is 5.34. The summed E-state index contributed by atoms with van der Waals surface area (Å²) in [4.78, 5) is 0.136. The van der Waals surface area contributed by atoms with Crippen molar-refractivity contribution in [2.24, 2.45) is 7.05 Å². The van der Waals surface area contributed by atoms with E-state index in [0.29, 0.717) is 0 Å². The minimum atomic E-state index is -3.62. The third-order valence-corrected chi connectivity index (χ3v) is 5.14. The maximum absolute atomic E-state index is 12.9. The Labute approximate surface area is 117 Å². The molecule has 0 spiro atoms. The lowest BCUT2D eigenvalue weighted by Gasteiger charge is -2.24. The van der Waals surface area contributed by atoms with Crippen LogP contribution in [0, 0.1) is 5.82 Å². The zero-order chi connectivity index (χ0) is 14.9. The summed E-state index contributed by atoms with van der Waals surface area (Å²) in [5.41, 5.74) is 0.723. The van der Waals surface area contributed by atoms with Gasteiger partial charge in [-0.1, -0.05) is 12.1 Å². The first kappa shape index (κ1) is 14.7. The highest BCUT2D eigenvalue weighted by molar-refractivity contribution is 7.89. The van der Waals surface area contributed by atoms with Crippen LogP contribution in [0.4, 0.5) is 4.39 Å². The van der Waals surface area contributed by atoms with Crippen LogP contribution in [0.15, 0.2) is 41.6 Å². The van der Waals surface area contributed by atoms with Crippen LogP contribution in [-0.2, 0) is 17.1 Å². The van der Waals surface area contributed by atoms with E-state index in [1.54, 1.807) is 26.1 Å². The van der Waals surface area contributed by atoms with Crippen LogP contribution in [0.2, 0.25) is 0 Å². The van der Waals surface area contributed by atoms with E-state index in [4.69, 9.17) is 0 Å². The van der Waals surface area contributed by atoms with E-state index in [9.17, 15) is 12.8 Å². The summed E-state index contributed by atoms with van der Waals surface area (Å²) in [7, 11) is -0.468. The van der Waals surface area contributed by atoms with Gasteiger partial charge in [-0.25, -0.2) is 12.8 Å². The lowest BCUT2D eigenvalue weighted by molar-refractivity contribution is 0.398. The Bertz CT molecular complexity index is 695. The van der Waals surface area contributed by atoms with E-state index >= 15 is 0 Å². The monoisotopic (exact) mass is 297 g/mol. The van der Waals surface area contributed by atoms with Crippen LogP contribution in [-0.4, -0.2) is 29.6 Å². The second-order valence-corrected chi connectivity index (χ2v) is 6.60. The van der Waals surface area contributed by atoms with Gasteiger partial charge in [0.1, 0.15) is 10.7 Å². The van der Waals surface area contributed by atoms with Crippen LogP contribution < -0.4 is 0 Å². The molecule has 0 amide bonds. The van der Waals surface area contributed by atoms with Gasteiger partial charge in [0, 0.05) is 26.3 Å². The molecule has 2 rings (SSSR count). The first-order valence-corrected chi connectivity index (χ1v) is 7.48. The molecule has 1 heterocycles. The van der Waals surface area contributed by atoms with Gasteiger partial charge in [0.15, 0.2) is 0 Å². The number of aromatic nitrogens is 2. The van der Waals surface area contributed by atoms with Crippen molar-refractivity contribution in [1.82, 2.24) is 14.1 Å². The van der Waals surface area contributed by atoms with E-state index in [-0.39, 0.29) is 10.7 Å². The highest BCUT2D eigenvalue weighted by atomic mass is 32.2. The molecule has 0 saturated heterocycles. The van der Waals surface area contributed by atoms with Crippen molar-refractivity contribution in [1.29, 1.82) is 0 Å². The number of hydrogen-bond acceptors (Lipinski definition) is 3. The van der Waals surface area contributed by atoms with Crippen molar-refractivity contribution < 1.29 is 12.8 Å². The summed E-state index contributed by atoms with van der Waals surface area (Å²) >= 11 is 0. The summed E-state index contributed by atoms with van der Waals surface area (Å²) in [5, 5.41) is 3.87. The number of hydrogen-bond donors (Lipinski definition) is 0. The van der Waals surface area contributed by atoms with E-state index in [0.717, 1.165) is 5.56 Å². The average Bonchev–Trinajstić information content (AvgIpc) is 2.85. The van der Waals surface area contributed by atoms with Crippen LogP contribution >= 0.6 is 0 Å². The fourth-order valence-corrected chi connectivity index (χ4v) is 3.19. The van der Waals surface area contributed by atoms with E-state index < -0.39 is 16.1 Å². The maximum Gasteiger partial charge on any atom is 0.246 e. The standard InChI is InChI=1S/C13H16FN3O2S/c1-10(11-4-6-12(14)7-5-11)17(3)20(18,19)13-8-15-16(2)9-13/h4-10H,1-3H3. The van der Waals surface area contributed by atoms with Crippen molar-refractivity contribution in [3.8, 4) is 0 Å². The van der Waals surface area contributed by atoms with Crippen molar-refractivity contribution >= 4 is 10.0 Å². The lowest BCUT2D eigenvalue weighted by Crippen LogP contribution is -2.29. The van der Waals surface area contributed by atoms with Crippen molar-refractivity contribution in [2.45, 2.75) is 17.9 Å². The van der Waals surface area contributed by atoms with Gasteiger partial charge in [0.25, 0.3) is 0 Å². The molecule has 2 aromatic rings. The number of benzene rings is 1. The Kier molecular flexibility index (Phi) is 3.92. The molecule has 5 nitrogen and oxygen atoms in total. The number of aryl methyl sites for hydroxylation is 1. The Hall–Kier alpha value is -1.73. The first-order chi connectivity index (χ1) is 9.32. The Morgan fingerprint density at radius 1 is 1.30 bits per heavy atom. The third kappa shape index (κ3) is 2.73. The minimum Gasteiger partial charge on any atom is -0.274 e. The van der Waals surface area contributed by atoms with Crippen LogP contribution in [0.1, 0.15) is 18.5 Å². The normalized spacial score (nSPS) is 13.7. The van der Waals surface area contributed by atoms with Crippen LogP contribution in [0.5, 0.6) is 0 Å². The molecule has 0 saturated carbocycles. The Balaban J connectivity index is 2.30. The summed E-state index contributed by atoms with van der Waals surface area (Å²) < 4.78 is 40.4. The van der Waals surface area contributed by atoms with Crippen molar-refractivity contribution in [3.05, 3.63) is 48.0 Å². The number of rotatable bonds is 4. The number of sulfonamides is 1. The molecule has 1 atom stereocenters. The number of nitrogens with zero attached hydrogens (tertiary/aromatic N) is 3. The topological polar surface area (TPSA) is 55.2 Å². The first-order valence-electron chi connectivity index (χ1n) is 6.04. The van der Waals surface area contributed by atoms with Gasteiger partial charge < -0.3 is 0 Å². The molecule has 0 aliphatic rings.